The fourth-order valence-electron chi connectivity index (χ4n) is 2.71. The molecule has 0 saturated heterocycles. The molecule has 0 radical (unpaired) electrons. The van der Waals surface area contributed by atoms with Crippen molar-refractivity contribution >= 4 is 29.3 Å². The minimum atomic E-state index is -0.282. The molecule has 156 valence electrons. The van der Waals surface area contributed by atoms with Crippen molar-refractivity contribution in [2.45, 2.75) is 13.5 Å². The number of carbonyl (C=O) groups excluding carboxylic acids is 1. The van der Waals surface area contributed by atoms with Gasteiger partial charge in [0.15, 0.2) is 6.61 Å². The highest BCUT2D eigenvalue weighted by atomic mass is 35.5. The van der Waals surface area contributed by atoms with E-state index in [1.54, 1.807) is 60.7 Å². The monoisotopic (exact) mass is 435 g/mol. The van der Waals surface area contributed by atoms with Gasteiger partial charge in [-0.15, -0.1) is 10.2 Å². The lowest BCUT2D eigenvalue weighted by molar-refractivity contribution is -0.111. The first-order valence-corrected chi connectivity index (χ1v) is 9.80. The molecule has 0 aliphatic rings. The summed E-state index contributed by atoms with van der Waals surface area (Å²) in [4.78, 5) is 12.1. The minimum absolute atomic E-state index is 0.0930. The van der Waals surface area contributed by atoms with Gasteiger partial charge in [0.1, 0.15) is 17.3 Å². The van der Waals surface area contributed by atoms with Gasteiger partial charge in [-0.1, -0.05) is 17.7 Å². The van der Waals surface area contributed by atoms with Gasteiger partial charge in [-0.2, -0.15) is 0 Å². The van der Waals surface area contributed by atoms with Crippen LogP contribution < -0.4 is 10.1 Å². The Morgan fingerprint density at radius 1 is 1.10 bits per heavy atom. The number of hydrogen-bond donors (Lipinski definition) is 1. The maximum atomic E-state index is 12.1. The molecular weight excluding hydrogens is 418 g/mol. The van der Waals surface area contributed by atoms with Crippen LogP contribution in [0.1, 0.15) is 17.4 Å². The summed E-state index contributed by atoms with van der Waals surface area (Å²) in [5.41, 5.74) is 1.36. The molecule has 0 atom stereocenters. The SMILES string of the molecule is Cc1ccc(/C=C/C(=O)Nc2cccc(OCc3nnc(-c4ccc(Cl)cc4)o3)c2)o1. The largest absolute Gasteiger partial charge is 0.484 e. The van der Waals surface area contributed by atoms with Crippen LogP contribution in [-0.4, -0.2) is 16.1 Å². The van der Waals surface area contributed by atoms with E-state index < -0.39 is 0 Å². The first-order valence-electron chi connectivity index (χ1n) is 9.42. The summed E-state index contributed by atoms with van der Waals surface area (Å²) in [6.45, 7) is 1.94. The van der Waals surface area contributed by atoms with Gasteiger partial charge in [0.05, 0.1) is 0 Å². The van der Waals surface area contributed by atoms with Crippen molar-refractivity contribution in [3.8, 4) is 17.2 Å². The van der Waals surface area contributed by atoms with E-state index in [9.17, 15) is 4.79 Å². The Morgan fingerprint density at radius 3 is 2.71 bits per heavy atom. The molecule has 1 amide bonds. The molecule has 2 heterocycles. The zero-order valence-electron chi connectivity index (χ0n) is 16.5. The summed E-state index contributed by atoms with van der Waals surface area (Å²) >= 11 is 5.89. The van der Waals surface area contributed by atoms with Crippen molar-refractivity contribution in [3.63, 3.8) is 0 Å². The number of halogens is 1. The molecule has 7 nitrogen and oxygen atoms in total. The standard InChI is InChI=1S/C23H18ClN3O4/c1-15-5-10-19(30-15)11-12-21(28)25-18-3-2-4-20(13-18)29-14-22-26-27-23(31-22)16-6-8-17(24)9-7-16/h2-13H,14H2,1H3,(H,25,28)/b12-11+. The summed E-state index contributed by atoms with van der Waals surface area (Å²) in [7, 11) is 0. The Labute approximate surface area is 183 Å². The fourth-order valence-corrected chi connectivity index (χ4v) is 2.84. The van der Waals surface area contributed by atoms with Gasteiger partial charge in [-0.3, -0.25) is 4.79 Å². The Hall–Kier alpha value is -3.84. The summed E-state index contributed by atoms with van der Waals surface area (Å²) in [6.07, 6.45) is 3.01. The Morgan fingerprint density at radius 2 is 1.94 bits per heavy atom. The molecule has 0 fully saturated rings. The molecule has 0 spiro atoms. The second-order valence-electron chi connectivity index (χ2n) is 6.60. The van der Waals surface area contributed by atoms with Crippen molar-refractivity contribution in [2.24, 2.45) is 0 Å². The number of nitrogens with zero attached hydrogens (tertiary/aromatic N) is 2. The average Bonchev–Trinajstić information content (AvgIpc) is 3.41. The lowest BCUT2D eigenvalue weighted by Crippen LogP contribution is -2.07. The van der Waals surface area contributed by atoms with Crippen LogP contribution in [0.5, 0.6) is 5.75 Å². The molecule has 0 saturated carbocycles. The molecule has 2 aromatic heterocycles. The van der Waals surface area contributed by atoms with Gasteiger partial charge >= 0.3 is 0 Å². The van der Waals surface area contributed by atoms with Crippen LogP contribution in [0, 0.1) is 6.92 Å². The molecule has 4 rings (SSSR count). The minimum Gasteiger partial charge on any atom is -0.484 e. The van der Waals surface area contributed by atoms with Gasteiger partial charge in [0, 0.05) is 28.4 Å². The van der Waals surface area contributed by atoms with Gasteiger partial charge in [-0.25, -0.2) is 0 Å². The highest BCUT2D eigenvalue weighted by Crippen LogP contribution is 2.22. The maximum Gasteiger partial charge on any atom is 0.254 e. The number of amides is 1. The third kappa shape index (κ3) is 5.61. The van der Waals surface area contributed by atoms with E-state index >= 15 is 0 Å². The number of furan rings is 1. The summed E-state index contributed by atoms with van der Waals surface area (Å²) in [6, 6.07) is 17.8. The van der Waals surface area contributed by atoms with E-state index in [1.165, 1.54) is 6.08 Å². The van der Waals surface area contributed by atoms with Crippen LogP contribution in [0.2, 0.25) is 5.02 Å². The van der Waals surface area contributed by atoms with Crippen LogP contribution in [-0.2, 0) is 11.4 Å². The molecule has 31 heavy (non-hydrogen) atoms. The first-order chi connectivity index (χ1) is 15.0. The predicted octanol–water partition coefficient (Wildman–Crippen LogP) is 5.52. The Bertz CT molecular complexity index is 1210. The van der Waals surface area contributed by atoms with Gasteiger partial charge in [0.2, 0.25) is 11.8 Å². The second-order valence-corrected chi connectivity index (χ2v) is 7.03. The fraction of sp³-hybridized carbons (Fsp3) is 0.0870. The first kappa shape index (κ1) is 20.4. The molecule has 8 heteroatoms. The molecule has 0 aliphatic heterocycles. The van der Waals surface area contributed by atoms with Crippen LogP contribution in [0.3, 0.4) is 0 Å². The number of aryl methyl sites for hydroxylation is 1. The molecular formula is C23H18ClN3O4. The number of benzene rings is 2. The number of nitrogens with one attached hydrogen (secondary N) is 1. The molecule has 1 N–H and O–H groups in total. The maximum absolute atomic E-state index is 12.1. The van der Waals surface area contributed by atoms with E-state index in [-0.39, 0.29) is 12.5 Å². The van der Waals surface area contributed by atoms with Crippen molar-refractivity contribution in [2.75, 3.05) is 5.32 Å². The zero-order valence-corrected chi connectivity index (χ0v) is 17.3. The van der Waals surface area contributed by atoms with Gasteiger partial charge < -0.3 is 18.9 Å². The zero-order chi connectivity index (χ0) is 21.6. The molecule has 2 aromatic carbocycles. The summed E-state index contributed by atoms with van der Waals surface area (Å²) < 4.78 is 16.7. The molecule has 0 unspecified atom stereocenters. The quantitative estimate of drug-likeness (QED) is 0.384. The number of aromatic nitrogens is 2. The highest BCUT2D eigenvalue weighted by Gasteiger charge is 2.09. The van der Waals surface area contributed by atoms with E-state index in [0.29, 0.717) is 34.0 Å². The number of hydrogen-bond acceptors (Lipinski definition) is 6. The van der Waals surface area contributed by atoms with Crippen molar-refractivity contribution in [3.05, 3.63) is 89.2 Å². The number of anilines is 1. The van der Waals surface area contributed by atoms with Crippen LogP contribution in [0.4, 0.5) is 5.69 Å². The topological polar surface area (TPSA) is 90.4 Å². The third-order valence-corrected chi connectivity index (χ3v) is 4.43. The van der Waals surface area contributed by atoms with Gasteiger partial charge in [0.25, 0.3) is 5.89 Å². The van der Waals surface area contributed by atoms with Crippen LogP contribution >= 0.6 is 11.6 Å². The van der Waals surface area contributed by atoms with Gasteiger partial charge in [-0.05, 0) is 61.5 Å². The average molecular weight is 436 g/mol. The van der Waals surface area contributed by atoms with Crippen molar-refractivity contribution < 1.29 is 18.4 Å². The smallest absolute Gasteiger partial charge is 0.254 e. The molecule has 4 aromatic rings. The predicted molar refractivity (Wildman–Crippen MR) is 117 cm³/mol. The molecule has 0 bridgehead atoms. The second kappa shape index (κ2) is 9.32. The van der Waals surface area contributed by atoms with E-state index in [4.69, 9.17) is 25.2 Å². The van der Waals surface area contributed by atoms with Crippen molar-refractivity contribution in [1.82, 2.24) is 10.2 Å². The number of carbonyl (C=O) groups is 1. The molecule has 0 aliphatic carbocycles. The lowest BCUT2D eigenvalue weighted by atomic mass is 10.2. The highest BCUT2D eigenvalue weighted by molar-refractivity contribution is 6.30. The summed E-state index contributed by atoms with van der Waals surface area (Å²) in [5.74, 6) is 2.38. The lowest BCUT2D eigenvalue weighted by Gasteiger charge is -2.06. The van der Waals surface area contributed by atoms with E-state index in [1.807, 2.05) is 13.0 Å². The Kier molecular flexibility index (Phi) is 6.14. The van der Waals surface area contributed by atoms with E-state index in [2.05, 4.69) is 15.5 Å². The summed E-state index contributed by atoms with van der Waals surface area (Å²) in [5, 5.41) is 11.4. The van der Waals surface area contributed by atoms with Crippen LogP contribution in [0.25, 0.3) is 17.5 Å². The normalized spacial score (nSPS) is 11.0. The van der Waals surface area contributed by atoms with E-state index in [0.717, 1.165) is 11.3 Å². The number of rotatable bonds is 7. The third-order valence-electron chi connectivity index (χ3n) is 4.18. The van der Waals surface area contributed by atoms with Crippen LogP contribution in [0.15, 0.2) is 75.6 Å². The number of ether oxygens (including phenoxy) is 1. The Balaban J connectivity index is 1.34. The van der Waals surface area contributed by atoms with Crippen molar-refractivity contribution in [1.29, 1.82) is 0 Å².